The first-order chi connectivity index (χ1) is 7.72. The van der Waals surface area contributed by atoms with Crippen molar-refractivity contribution in [1.29, 1.82) is 0 Å². The lowest BCUT2D eigenvalue weighted by atomic mass is 10.3. The molecule has 4 nitrogen and oxygen atoms in total. The molecule has 0 bridgehead atoms. The molecule has 0 aliphatic heterocycles. The number of carbonyl (C=O) groups excluding carboxylic acids is 1. The number of hydrogen-bond donors (Lipinski definition) is 2. The van der Waals surface area contributed by atoms with Crippen LogP contribution in [-0.2, 0) is 0 Å². The molecule has 0 aliphatic carbocycles. The third-order valence-corrected chi connectivity index (χ3v) is 2.66. The molecular formula is C11H17N3OS. The van der Waals surface area contributed by atoms with Crippen LogP contribution in [0.3, 0.4) is 0 Å². The summed E-state index contributed by atoms with van der Waals surface area (Å²) in [6.07, 6.45) is 4.71. The van der Waals surface area contributed by atoms with Gasteiger partial charge in [0.25, 0.3) is 0 Å². The topological polar surface area (TPSA) is 54.0 Å². The van der Waals surface area contributed by atoms with E-state index in [1.165, 1.54) is 0 Å². The van der Waals surface area contributed by atoms with Gasteiger partial charge in [-0.2, -0.15) is 11.8 Å². The lowest BCUT2D eigenvalue weighted by molar-refractivity contribution is 0.252. The van der Waals surface area contributed by atoms with Crippen molar-refractivity contribution in [1.82, 2.24) is 10.3 Å². The number of amides is 2. The number of aromatic nitrogens is 1. The van der Waals surface area contributed by atoms with E-state index in [4.69, 9.17) is 0 Å². The molecule has 0 fully saturated rings. The van der Waals surface area contributed by atoms with Crippen molar-refractivity contribution in [2.24, 2.45) is 0 Å². The van der Waals surface area contributed by atoms with Crippen molar-refractivity contribution in [2.75, 3.05) is 23.9 Å². The second-order valence-corrected chi connectivity index (χ2v) is 4.43. The fourth-order valence-corrected chi connectivity index (χ4v) is 1.62. The summed E-state index contributed by atoms with van der Waals surface area (Å²) < 4.78 is 0. The van der Waals surface area contributed by atoms with Gasteiger partial charge in [0.05, 0.1) is 0 Å². The Kier molecular flexibility index (Phi) is 5.71. The molecule has 0 aromatic carbocycles. The first kappa shape index (κ1) is 12.8. The summed E-state index contributed by atoms with van der Waals surface area (Å²) in [4.78, 5) is 15.5. The zero-order valence-corrected chi connectivity index (χ0v) is 10.4. The fraction of sp³-hybridized carbons (Fsp3) is 0.455. The van der Waals surface area contributed by atoms with E-state index in [0.717, 1.165) is 17.7 Å². The number of nitrogens with zero attached hydrogens (tertiary/aromatic N) is 1. The van der Waals surface area contributed by atoms with Gasteiger partial charge in [-0.1, -0.05) is 0 Å². The first-order valence-electron chi connectivity index (χ1n) is 5.19. The van der Waals surface area contributed by atoms with Gasteiger partial charge in [-0.3, -0.25) is 5.32 Å². The minimum absolute atomic E-state index is 0.195. The van der Waals surface area contributed by atoms with E-state index in [0.29, 0.717) is 12.4 Å². The van der Waals surface area contributed by atoms with E-state index in [9.17, 15) is 4.79 Å². The molecule has 1 aromatic heterocycles. The van der Waals surface area contributed by atoms with Crippen LogP contribution in [0.1, 0.15) is 12.0 Å². The quantitative estimate of drug-likeness (QED) is 0.775. The van der Waals surface area contributed by atoms with Crippen LogP contribution in [0.15, 0.2) is 18.3 Å². The van der Waals surface area contributed by atoms with Gasteiger partial charge in [0, 0.05) is 12.7 Å². The monoisotopic (exact) mass is 239 g/mol. The SMILES string of the molecule is CSCCCNC(=O)Nc1cc(C)ccn1. The normalized spacial score (nSPS) is 9.88. The molecule has 0 saturated heterocycles. The van der Waals surface area contributed by atoms with Gasteiger partial charge in [-0.25, -0.2) is 9.78 Å². The highest BCUT2D eigenvalue weighted by Gasteiger charge is 2.01. The lowest BCUT2D eigenvalue weighted by Crippen LogP contribution is -2.30. The van der Waals surface area contributed by atoms with Gasteiger partial charge in [-0.05, 0) is 43.0 Å². The second-order valence-electron chi connectivity index (χ2n) is 3.45. The molecule has 88 valence electrons. The van der Waals surface area contributed by atoms with Crippen LogP contribution in [0.5, 0.6) is 0 Å². The van der Waals surface area contributed by atoms with Gasteiger partial charge >= 0.3 is 6.03 Å². The van der Waals surface area contributed by atoms with Crippen molar-refractivity contribution in [3.05, 3.63) is 23.9 Å². The Hall–Kier alpha value is -1.23. The van der Waals surface area contributed by atoms with Crippen molar-refractivity contribution in [2.45, 2.75) is 13.3 Å². The van der Waals surface area contributed by atoms with Gasteiger partial charge in [0.15, 0.2) is 0 Å². The summed E-state index contributed by atoms with van der Waals surface area (Å²) in [7, 11) is 0. The highest BCUT2D eigenvalue weighted by molar-refractivity contribution is 7.98. The molecule has 0 aliphatic rings. The zero-order valence-electron chi connectivity index (χ0n) is 9.62. The second kappa shape index (κ2) is 7.11. The van der Waals surface area contributed by atoms with Crippen LogP contribution in [0, 0.1) is 6.92 Å². The average Bonchev–Trinajstić information content (AvgIpc) is 2.24. The van der Waals surface area contributed by atoms with Crippen molar-refractivity contribution >= 4 is 23.6 Å². The minimum Gasteiger partial charge on any atom is -0.338 e. The van der Waals surface area contributed by atoms with E-state index in [2.05, 4.69) is 21.9 Å². The predicted molar refractivity (Wildman–Crippen MR) is 69.0 cm³/mol. The van der Waals surface area contributed by atoms with Gasteiger partial charge in [0.1, 0.15) is 5.82 Å². The highest BCUT2D eigenvalue weighted by Crippen LogP contribution is 2.04. The molecule has 0 spiro atoms. The van der Waals surface area contributed by atoms with E-state index in [1.54, 1.807) is 18.0 Å². The van der Waals surface area contributed by atoms with Gasteiger partial charge in [-0.15, -0.1) is 0 Å². The number of urea groups is 1. The number of pyridine rings is 1. The fourth-order valence-electron chi connectivity index (χ4n) is 1.18. The van der Waals surface area contributed by atoms with Crippen molar-refractivity contribution in [3.63, 3.8) is 0 Å². The van der Waals surface area contributed by atoms with E-state index in [-0.39, 0.29) is 6.03 Å². The summed E-state index contributed by atoms with van der Waals surface area (Å²) >= 11 is 1.78. The summed E-state index contributed by atoms with van der Waals surface area (Å²) in [5.74, 6) is 1.64. The maximum atomic E-state index is 11.4. The largest absolute Gasteiger partial charge is 0.338 e. The Balaban J connectivity index is 2.29. The third-order valence-electron chi connectivity index (χ3n) is 1.97. The molecule has 2 N–H and O–H groups in total. The van der Waals surface area contributed by atoms with Crippen LogP contribution in [0.2, 0.25) is 0 Å². The van der Waals surface area contributed by atoms with Crippen LogP contribution in [0.4, 0.5) is 10.6 Å². The van der Waals surface area contributed by atoms with Crippen LogP contribution >= 0.6 is 11.8 Å². The molecule has 16 heavy (non-hydrogen) atoms. The number of hydrogen-bond acceptors (Lipinski definition) is 3. The summed E-state index contributed by atoms with van der Waals surface area (Å²) in [5.41, 5.74) is 1.08. The number of aryl methyl sites for hydroxylation is 1. The van der Waals surface area contributed by atoms with E-state index >= 15 is 0 Å². The molecule has 0 radical (unpaired) electrons. The molecule has 2 amide bonds. The third kappa shape index (κ3) is 5.02. The van der Waals surface area contributed by atoms with Crippen LogP contribution in [0.25, 0.3) is 0 Å². The van der Waals surface area contributed by atoms with E-state index in [1.807, 2.05) is 19.1 Å². The molecule has 1 rings (SSSR count). The van der Waals surface area contributed by atoms with Gasteiger partial charge in [0.2, 0.25) is 0 Å². The Labute approximate surface area is 100 Å². The van der Waals surface area contributed by atoms with Crippen LogP contribution in [-0.4, -0.2) is 29.6 Å². The number of nitrogens with one attached hydrogen (secondary N) is 2. The number of carbonyl (C=O) groups is 1. The average molecular weight is 239 g/mol. The molecular weight excluding hydrogens is 222 g/mol. The smallest absolute Gasteiger partial charge is 0.320 e. The number of rotatable bonds is 5. The molecule has 0 saturated carbocycles. The standard InChI is InChI=1S/C11H17N3OS/c1-9-4-6-12-10(8-9)14-11(15)13-5-3-7-16-2/h4,6,8H,3,5,7H2,1-2H3,(H2,12,13,14,15). The molecule has 1 aromatic rings. The molecule has 0 unspecified atom stereocenters. The number of thioether (sulfide) groups is 1. The van der Waals surface area contributed by atoms with Crippen molar-refractivity contribution < 1.29 is 4.79 Å². The predicted octanol–water partition coefficient (Wildman–Crippen LogP) is 2.26. The highest BCUT2D eigenvalue weighted by atomic mass is 32.2. The Morgan fingerprint density at radius 1 is 1.56 bits per heavy atom. The molecule has 0 atom stereocenters. The molecule has 1 heterocycles. The van der Waals surface area contributed by atoms with E-state index < -0.39 is 0 Å². The van der Waals surface area contributed by atoms with Crippen LogP contribution < -0.4 is 10.6 Å². The maximum Gasteiger partial charge on any atom is 0.320 e. The minimum atomic E-state index is -0.195. The maximum absolute atomic E-state index is 11.4. The van der Waals surface area contributed by atoms with Gasteiger partial charge < -0.3 is 5.32 Å². The summed E-state index contributed by atoms with van der Waals surface area (Å²) in [6.45, 7) is 2.65. The van der Waals surface area contributed by atoms with Crippen molar-refractivity contribution in [3.8, 4) is 0 Å². The zero-order chi connectivity index (χ0) is 11.8. The summed E-state index contributed by atoms with van der Waals surface area (Å²) in [5, 5.41) is 5.47. The Morgan fingerprint density at radius 3 is 3.06 bits per heavy atom. The number of anilines is 1. The lowest BCUT2D eigenvalue weighted by Gasteiger charge is -2.06. The summed E-state index contributed by atoms with van der Waals surface area (Å²) in [6, 6.07) is 3.53. The molecule has 5 heteroatoms. The Morgan fingerprint density at radius 2 is 2.38 bits per heavy atom. The first-order valence-corrected chi connectivity index (χ1v) is 6.58. The Bertz CT molecular complexity index is 344.